The zero-order valence-corrected chi connectivity index (χ0v) is 12.0. The van der Waals surface area contributed by atoms with Gasteiger partial charge in [-0.1, -0.05) is 12.1 Å². The molecule has 6 heteroatoms. The Kier molecular flexibility index (Phi) is 6.97. The highest BCUT2D eigenvalue weighted by atomic mass is 32.2. The van der Waals surface area contributed by atoms with Crippen molar-refractivity contribution < 1.29 is 18.4 Å². The van der Waals surface area contributed by atoms with Crippen molar-refractivity contribution in [1.29, 1.82) is 0 Å². The van der Waals surface area contributed by atoms with Crippen molar-refractivity contribution in [3.63, 3.8) is 0 Å². The van der Waals surface area contributed by atoms with Crippen LogP contribution in [0.1, 0.15) is 6.92 Å². The van der Waals surface area contributed by atoms with E-state index in [2.05, 4.69) is 5.32 Å². The Hall–Kier alpha value is -0.980. The molecule has 0 aliphatic rings. The summed E-state index contributed by atoms with van der Waals surface area (Å²) < 4.78 is 29.5. The molecule has 0 aliphatic carbocycles. The van der Waals surface area contributed by atoms with E-state index in [1.165, 1.54) is 12.1 Å². The maximum Gasteiger partial charge on any atom is 0.165 e. The fourth-order valence-electron chi connectivity index (χ4n) is 1.38. The van der Waals surface area contributed by atoms with Crippen molar-refractivity contribution in [2.45, 2.75) is 18.3 Å². The minimum atomic E-state index is -0.887. The third-order valence-corrected chi connectivity index (χ3v) is 3.95. The molecule has 0 saturated carbocycles. The summed E-state index contributed by atoms with van der Waals surface area (Å²) in [6, 6.07) is 6.06. The van der Waals surface area contributed by atoms with E-state index in [0.29, 0.717) is 13.1 Å². The summed E-state index contributed by atoms with van der Waals surface area (Å²) in [6.45, 7) is 2.75. The van der Waals surface area contributed by atoms with Crippen LogP contribution in [0.5, 0.6) is 5.75 Å². The van der Waals surface area contributed by atoms with Crippen LogP contribution in [0.15, 0.2) is 24.3 Å². The first-order valence-electron chi connectivity index (χ1n) is 6.09. The molecule has 0 fully saturated rings. The van der Waals surface area contributed by atoms with Crippen molar-refractivity contribution >= 4 is 10.8 Å². The molecule has 4 nitrogen and oxygen atoms in total. The van der Waals surface area contributed by atoms with Gasteiger partial charge in [0.2, 0.25) is 0 Å². The molecular formula is C13H20FNO3S. The molecule has 0 aromatic heterocycles. The van der Waals surface area contributed by atoms with Crippen molar-refractivity contribution in [3.8, 4) is 5.75 Å². The van der Waals surface area contributed by atoms with E-state index < -0.39 is 22.7 Å². The molecule has 1 aromatic carbocycles. The number of benzene rings is 1. The smallest absolute Gasteiger partial charge is 0.165 e. The summed E-state index contributed by atoms with van der Waals surface area (Å²) in [5.41, 5.74) is 0. The van der Waals surface area contributed by atoms with Crippen LogP contribution in [0.2, 0.25) is 0 Å². The van der Waals surface area contributed by atoms with Gasteiger partial charge in [0, 0.05) is 35.4 Å². The van der Waals surface area contributed by atoms with E-state index in [4.69, 9.17) is 4.74 Å². The zero-order chi connectivity index (χ0) is 14.3. The molecule has 0 bridgehead atoms. The SMILES string of the molecule is CC(CNCC(O)COc1ccccc1F)S(C)=O. The number of para-hydroxylation sites is 1. The molecule has 1 aromatic rings. The third kappa shape index (κ3) is 6.13. The second kappa shape index (κ2) is 8.24. The van der Waals surface area contributed by atoms with Gasteiger partial charge in [-0.15, -0.1) is 0 Å². The van der Waals surface area contributed by atoms with E-state index in [1.807, 2.05) is 6.92 Å². The van der Waals surface area contributed by atoms with Gasteiger partial charge in [0.25, 0.3) is 0 Å². The number of hydrogen-bond acceptors (Lipinski definition) is 4. The van der Waals surface area contributed by atoms with Gasteiger partial charge in [-0.25, -0.2) is 4.39 Å². The van der Waals surface area contributed by atoms with Gasteiger partial charge < -0.3 is 15.2 Å². The normalized spacial score (nSPS) is 15.8. The highest BCUT2D eigenvalue weighted by molar-refractivity contribution is 7.84. The standard InChI is InChI=1S/C13H20FNO3S/c1-10(19(2)17)7-15-8-11(16)9-18-13-6-4-3-5-12(13)14/h3-6,10-11,15-16H,7-9H2,1-2H3. The first-order valence-corrected chi connectivity index (χ1v) is 7.71. The molecule has 0 radical (unpaired) electrons. The van der Waals surface area contributed by atoms with Crippen molar-refractivity contribution in [2.24, 2.45) is 0 Å². The number of aliphatic hydroxyl groups excluding tert-OH is 1. The summed E-state index contributed by atoms with van der Waals surface area (Å²) >= 11 is 0. The highest BCUT2D eigenvalue weighted by Crippen LogP contribution is 2.15. The second-order valence-corrected chi connectivity index (χ2v) is 6.16. The number of halogens is 1. The van der Waals surface area contributed by atoms with Crippen LogP contribution in [0, 0.1) is 5.82 Å². The van der Waals surface area contributed by atoms with Crippen LogP contribution < -0.4 is 10.1 Å². The Morgan fingerprint density at radius 3 is 2.74 bits per heavy atom. The molecule has 2 N–H and O–H groups in total. The summed E-state index contributed by atoms with van der Waals surface area (Å²) in [4.78, 5) is 0. The average molecular weight is 289 g/mol. The molecule has 0 aliphatic heterocycles. The Morgan fingerprint density at radius 1 is 1.42 bits per heavy atom. The van der Waals surface area contributed by atoms with Crippen LogP contribution in [-0.4, -0.2) is 46.6 Å². The zero-order valence-electron chi connectivity index (χ0n) is 11.1. The van der Waals surface area contributed by atoms with E-state index in [0.717, 1.165) is 0 Å². The van der Waals surface area contributed by atoms with Crippen LogP contribution in [-0.2, 0) is 10.8 Å². The predicted molar refractivity (Wildman–Crippen MR) is 74.3 cm³/mol. The molecule has 0 amide bonds. The molecule has 0 saturated heterocycles. The van der Waals surface area contributed by atoms with Crippen LogP contribution in [0.3, 0.4) is 0 Å². The number of ether oxygens (including phenoxy) is 1. The topological polar surface area (TPSA) is 58.6 Å². The van der Waals surface area contributed by atoms with Gasteiger partial charge in [-0.2, -0.15) is 0 Å². The molecule has 0 heterocycles. The third-order valence-electron chi connectivity index (χ3n) is 2.65. The van der Waals surface area contributed by atoms with Gasteiger partial charge in [0.1, 0.15) is 12.7 Å². The molecule has 3 unspecified atom stereocenters. The largest absolute Gasteiger partial charge is 0.488 e. The van der Waals surface area contributed by atoms with Gasteiger partial charge in [0.05, 0.1) is 0 Å². The number of aliphatic hydroxyl groups is 1. The van der Waals surface area contributed by atoms with E-state index in [-0.39, 0.29) is 17.6 Å². The summed E-state index contributed by atoms with van der Waals surface area (Å²) in [7, 11) is -0.887. The van der Waals surface area contributed by atoms with Crippen LogP contribution >= 0.6 is 0 Å². The lowest BCUT2D eigenvalue weighted by molar-refractivity contribution is 0.104. The van der Waals surface area contributed by atoms with Gasteiger partial charge >= 0.3 is 0 Å². The molecule has 1 rings (SSSR count). The second-order valence-electron chi connectivity index (χ2n) is 4.36. The molecular weight excluding hydrogens is 269 g/mol. The summed E-state index contributed by atoms with van der Waals surface area (Å²) in [5.74, 6) is -0.317. The fraction of sp³-hybridized carbons (Fsp3) is 0.538. The lowest BCUT2D eigenvalue weighted by atomic mass is 10.3. The Labute approximate surface area is 115 Å². The average Bonchev–Trinajstić information content (AvgIpc) is 2.37. The van der Waals surface area contributed by atoms with Crippen molar-refractivity contribution in [3.05, 3.63) is 30.1 Å². The molecule has 108 valence electrons. The molecule has 0 spiro atoms. The van der Waals surface area contributed by atoms with Gasteiger partial charge in [-0.3, -0.25) is 4.21 Å². The lowest BCUT2D eigenvalue weighted by Gasteiger charge is -2.15. The Bertz CT molecular complexity index is 417. The summed E-state index contributed by atoms with van der Waals surface area (Å²) in [6.07, 6.45) is 0.904. The lowest BCUT2D eigenvalue weighted by Crippen LogP contribution is -2.36. The number of hydrogen-bond donors (Lipinski definition) is 2. The van der Waals surface area contributed by atoms with Crippen LogP contribution in [0.4, 0.5) is 4.39 Å². The molecule has 3 atom stereocenters. The maximum absolute atomic E-state index is 13.2. The van der Waals surface area contributed by atoms with Crippen LogP contribution in [0.25, 0.3) is 0 Å². The number of rotatable bonds is 8. The van der Waals surface area contributed by atoms with Gasteiger partial charge in [0.15, 0.2) is 11.6 Å². The predicted octanol–water partition coefficient (Wildman–Crippen LogP) is 0.922. The molecule has 19 heavy (non-hydrogen) atoms. The van der Waals surface area contributed by atoms with E-state index in [9.17, 15) is 13.7 Å². The Balaban J connectivity index is 2.23. The highest BCUT2D eigenvalue weighted by Gasteiger charge is 2.09. The minimum Gasteiger partial charge on any atom is -0.488 e. The van der Waals surface area contributed by atoms with Crippen molar-refractivity contribution in [1.82, 2.24) is 5.32 Å². The first kappa shape index (κ1) is 16.1. The Morgan fingerprint density at radius 2 is 2.11 bits per heavy atom. The van der Waals surface area contributed by atoms with E-state index >= 15 is 0 Å². The monoisotopic (exact) mass is 289 g/mol. The minimum absolute atomic E-state index is 0.0114. The fourth-order valence-corrected chi connectivity index (χ4v) is 1.73. The number of nitrogens with one attached hydrogen (secondary N) is 1. The summed E-state index contributed by atoms with van der Waals surface area (Å²) in [5, 5.41) is 12.7. The van der Waals surface area contributed by atoms with E-state index in [1.54, 1.807) is 18.4 Å². The van der Waals surface area contributed by atoms with Crippen molar-refractivity contribution in [2.75, 3.05) is 26.0 Å². The maximum atomic E-state index is 13.2. The van der Waals surface area contributed by atoms with Gasteiger partial charge in [-0.05, 0) is 19.1 Å². The first-order chi connectivity index (χ1) is 9.00. The quantitative estimate of drug-likeness (QED) is 0.747.